The molecule has 1 saturated carbocycles. The molecule has 112 valence electrons. The molecule has 1 aliphatic carbocycles. The first-order valence-corrected chi connectivity index (χ1v) is 7.84. The quantitative estimate of drug-likeness (QED) is 0.896. The second kappa shape index (κ2) is 6.29. The highest BCUT2D eigenvalue weighted by Gasteiger charge is 2.33. The molecule has 0 aromatic heterocycles. The van der Waals surface area contributed by atoms with Crippen LogP contribution >= 0.6 is 0 Å². The van der Waals surface area contributed by atoms with Crippen LogP contribution in [0, 0.1) is 5.92 Å². The molecule has 1 aliphatic heterocycles. The van der Waals surface area contributed by atoms with Crippen LogP contribution in [0.3, 0.4) is 0 Å². The number of hydrogen-bond acceptors (Lipinski definition) is 2. The summed E-state index contributed by atoms with van der Waals surface area (Å²) >= 11 is 0. The molecule has 1 N–H and O–H groups in total. The van der Waals surface area contributed by atoms with Crippen LogP contribution in [0.2, 0.25) is 0 Å². The molecule has 0 radical (unpaired) electrons. The average molecular weight is 286 g/mol. The molecule has 1 unspecified atom stereocenters. The second-order valence-electron chi connectivity index (χ2n) is 6.16. The number of piperazine rings is 1. The van der Waals surface area contributed by atoms with Crippen LogP contribution in [0.4, 0.5) is 0 Å². The minimum absolute atomic E-state index is 0.0378. The first kappa shape index (κ1) is 14.1. The summed E-state index contributed by atoms with van der Waals surface area (Å²) in [5.41, 5.74) is 1.08. The van der Waals surface area contributed by atoms with Crippen molar-refractivity contribution in [3.05, 3.63) is 35.9 Å². The summed E-state index contributed by atoms with van der Waals surface area (Å²) in [6.45, 7) is 0.944. The van der Waals surface area contributed by atoms with Crippen molar-refractivity contribution >= 4 is 11.8 Å². The lowest BCUT2D eigenvalue weighted by Gasteiger charge is -2.34. The maximum atomic E-state index is 12.5. The molecule has 1 atom stereocenters. The number of nitrogens with zero attached hydrogens (tertiary/aromatic N) is 1. The third-order valence-electron chi connectivity index (χ3n) is 4.59. The molecule has 3 rings (SSSR count). The third-order valence-corrected chi connectivity index (χ3v) is 4.59. The van der Waals surface area contributed by atoms with Gasteiger partial charge in [-0.1, -0.05) is 49.6 Å². The van der Waals surface area contributed by atoms with E-state index >= 15 is 0 Å². The van der Waals surface area contributed by atoms with Crippen LogP contribution in [-0.4, -0.2) is 35.8 Å². The zero-order valence-corrected chi connectivity index (χ0v) is 12.3. The van der Waals surface area contributed by atoms with Gasteiger partial charge < -0.3 is 10.2 Å². The number of rotatable bonds is 5. The van der Waals surface area contributed by atoms with E-state index in [9.17, 15) is 9.59 Å². The molecular weight excluding hydrogens is 264 g/mol. The largest absolute Gasteiger partial charge is 0.342 e. The predicted octanol–water partition coefficient (Wildman–Crippen LogP) is 1.75. The van der Waals surface area contributed by atoms with Crippen molar-refractivity contribution < 1.29 is 9.59 Å². The van der Waals surface area contributed by atoms with Gasteiger partial charge in [0.1, 0.15) is 6.04 Å². The number of carbonyl (C=O) groups excluding carboxylic acids is 2. The van der Waals surface area contributed by atoms with Gasteiger partial charge in [-0.25, -0.2) is 0 Å². The topological polar surface area (TPSA) is 49.4 Å². The average Bonchev–Trinajstić information content (AvgIpc) is 2.43. The minimum Gasteiger partial charge on any atom is -0.342 e. The first-order valence-electron chi connectivity index (χ1n) is 7.84. The second-order valence-corrected chi connectivity index (χ2v) is 6.16. The Morgan fingerprint density at radius 3 is 2.57 bits per heavy atom. The molecule has 4 nitrogen and oxygen atoms in total. The highest BCUT2D eigenvalue weighted by Crippen LogP contribution is 2.29. The Hall–Kier alpha value is -1.84. The number of nitrogens with one attached hydrogen (secondary N) is 1. The standard InChI is InChI=1S/C17H22N2O2/c20-16-12-19(10-9-13-7-4-8-13)17(21)15(18-16)11-14-5-2-1-3-6-14/h1-3,5-6,13,15H,4,7-12H2,(H,18,20). The molecule has 1 aromatic rings. The highest BCUT2D eigenvalue weighted by molar-refractivity contribution is 5.95. The monoisotopic (exact) mass is 286 g/mol. The van der Waals surface area contributed by atoms with Crippen molar-refractivity contribution in [3.8, 4) is 0 Å². The van der Waals surface area contributed by atoms with E-state index in [1.807, 2.05) is 30.3 Å². The normalized spacial score (nSPS) is 22.9. The number of benzene rings is 1. The molecule has 1 aromatic carbocycles. The predicted molar refractivity (Wildman–Crippen MR) is 80.6 cm³/mol. The molecule has 0 spiro atoms. The Bertz CT molecular complexity index is 511. The number of amides is 2. The van der Waals surface area contributed by atoms with Crippen molar-refractivity contribution in [1.29, 1.82) is 0 Å². The van der Waals surface area contributed by atoms with Crippen LogP contribution in [0.15, 0.2) is 30.3 Å². The lowest BCUT2D eigenvalue weighted by Crippen LogP contribution is -2.59. The van der Waals surface area contributed by atoms with Gasteiger partial charge in [0, 0.05) is 13.0 Å². The zero-order chi connectivity index (χ0) is 14.7. The molecule has 4 heteroatoms. The summed E-state index contributed by atoms with van der Waals surface area (Å²) in [7, 11) is 0. The van der Waals surface area contributed by atoms with Gasteiger partial charge in [-0.3, -0.25) is 9.59 Å². The van der Waals surface area contributed by atoms with Crippen molar-refractivity contribution in [1.82, 2.24) is 10.2 Å². The Morgan fingerprint density at radius 2 is 1.90 bits per heavy atom. The molecule has 2 fully saturated rings. The fraction of sp³-hybridized carbons (Fsp3) is 0.529. The molecule has 21 heavy (non-hydrogen) atoms. The van der Waals surface area contributed by atoms with E-state index in [0.29, 0.717) is 6.42 Å². The molecule has 2 aliphatic rings. The Kier molecular flexibility index (Phi) is 4.23. The first-order chi connectivity index (χ1) is 10.2. The summed E-state index contributed by atoms with van der Waals surface area (Å²) in [5, 5.41) is 2.83. The highest BCUT2D eigenvalue weighted by atomic mass is 16.2. The summed E-state index contributed by atoms with van der Waals surface area (Å²) in [4.78, 5) is 26.1. The van der Waals surface area contributed by atoms with Crippen molar-refractivity contribution in [2.24, 2.45) is 5.92 Å². The van der Waals surface area contributed by atoms with Gasteiger partial charge in [-0.15, -0.1) is 0 Å². The smallest absolute Gasteiger partial charge is 0.245 e. The van der Waals surface area contributed by atoms with E-state index in [-0.39, 0.29) is 18.4 Å². The van der Waals surface area contributed by atoms with Crippen LogP contribution in [-0.2, 0) is 16.0 Å². The van der Waals surface area contributed by atoms with Crippen LogP contribution in [0.25, 0.3) is 0 Å². The summed E-state index contributed by atoms with van der Waals surface area (Å²) < 4.78 is 0. The molecule has 0 bridgehead atoms. The van der Waals surface area contributed by atoms with E-state index in [2.05, 4.69) is 5.32 Å². The van der Waals surface area contributed by atoms with E-state index in [1.165, 1.54) is 19.3 Å². The number of carbonyl (C=O) groups is 2. The minimum atomic E-state index is -0.407. The van der Waals surface area contributed by atoms with Crippen molar-refractivity contribution in [2.45, 2.75) is 38.1 Å². The van der Waals surface area contributed by atoms with E-state index in [1.54, 1.807) is 4.90 Å². The lowest BCUT2D eigenvalue weighted by molar-refractivity contribution is -0.144. The van der Waals surface area contributed by atoms with Gasteiger partial charge in [0.15, 0.2) is 0 Å². The maximum absolute atomic E-state index is 12.5. The van der Waals surface area contributed by atoms with Crippen LogP contribution in [0.1, 0.15) is 31.2 Å². The summed E-state index contributed by atoms with van der Waals surface area (Å²) in [5.74, 6) is 0.789. The van der Waals surface area contributed by atoms with Crippen LogP contribution < -0.4 is 5.32 Å². The van der Waals surface area contributed by atoms with E-state index < -0.39 is 6.04 Å². The van der Waals surface area contributed by atoms with Gasteiger partial charge in [-0.2, -0.15) is 0 Å². The van der Waals surface area contributed by atoms with Gasteiger partial charge in [0.25, 0.3) is 0 Å². The third kappa shape index (κ3) is 3.43. The summed E-state index contributed by atoms with van der Waals surface area (Å²) in [6, 6.07) is 9.45. The van der Waals surface area contributed by atoms with Gasteiger partial charge >= 0.3 is 0 Å². The molecule has 1 heterocycles. The fourth-order valence-corrected chi connectivity index (χ4v) is 3.07. The Labute approximate surface area is 125 Å². The van der Waals surface area contributed by atoms with Gasteiger partial charge in [-0.05, 0) is 17.9 Å². The number of hydrogen-bond donors (Lipinski definition) is 1. The van der Waals surface area contributed by atoms with E-state index in [0.717, 1.165) is 24.4 Å². The lowest BCUT2D eigenvalue weighted by atomic mass is 9.83. The zero-order valence-electron chi connectivity index (χ0n) is 12.3. The summed E-state index contributed by atoms with van der Waals surface area (Å²) in [6.07, 6.45) is 5.49. The fourth-order valence-electron chi connectivity index (χ4n) is 3.07. The molecule has 1 saturated heterocycles. The van der Waals surface area contributed by atoms with Gasteiger partial charge in [0.2, 0.25) is 11.8 Å². The Morgan fingerprint density at radius 1 is 1.14 bits per heavy atom. The molecular formula is C17H22N2O2. The van der Waals surface area contributed by atoms with E-state index in [4.69, 9.17) is 0 Å². The maximum Gasteiger partial charge on any atom is 0.245 e. The van der Waals surface area contributed by atoms with Crippen molar-refractivity contribution in [3.63, 3.8) is 0 Å². The SMILES string of the molecule is O=C1CN(CCC2CCC2)C(=O)C(Cc2ccccc2)N1. The van der Waals surface area contributed by atoms with Crippen LogP contribution in [0.5, 0.6) is 0 Å². The van der Waals surface area contributed by atoms with Crippen molar-refractivity contribution in [2.75, 3.05) is 13.1 Å². The van der Waals surface area contributed by atoms with Gasteiger partial charge in [0.05, 0.1) is 6.54 Å². The molecule has 2 amide bonds. The Balaban J connectivity index is 1.60.